The molecule has 0 bridgehead atoms. The largest absolute Gasteiger partial charge is 0.368 e. The molecular formula is C31H36ClN5O3. The van der Waals surface area contributed by atoms with Gasteiger partial charge in [0.25, 0.3) is 11.8 Å². The number of nitrogens with zero attached hydrogens (tertiary/aromatic N) is 2. The van der Waals surface area contributed by atoms with Crippen LogP contribution in [0, 0.1) is 6.92 Å². The summed E-state index contributed by atoms with van der Waals surface area (Å²) in [5.41, 5.74) is 4.39. The molecule has 0 atom stereocenters. The molecule has 0 aliphatic carbocycles. The third-order valence-electron chi connectivity index (χ3n) is 6.83. The predicted octanol–water partition coefficient (Wildman–Crippen LogP) is 5.11. The average molecular weight is 562 g/mol. The van der Waals surface area contributed by atoms with Crippen LogP contribution in [0.25, 0.3) is 0 Å². The molecule has 3 aromatic carbocycles. The van der Waals surface area contributed by atoms with Crippen molar-refractivity contribution in [2.75, 3.05) is 49.5 Å². The summed E-state index contributed by atoms with van der Waals surface area (Å²) < 4.78 is 0. The normalized spacial score (nSPS) is 13.4. The lowest BCUT2D eigenvalue weighted by atomic mass is 10.1. The van der Waals surface area contributed by atoms with Gasteiger partial charge in [0, 0.05) is 55.4 Å². The van der Waals surface area contributed by atoms with Gasteiger partial charge >= 0.3 is 6.03 Å². The van der Waals surface area contributed by atoms with Gasteiger partial charge < -0.3 is 25.8 Å². The van der Waals surface area contributed by atoms with Crippen LogP contribution in [0.3, 0.4) is 0 Å². The smallest absolute Gasteiger partial charge is 0.317 e. The third-order valence-corrected chi connectivity index (χ3v) is 7.06. The highest BCUT2D eigenvalue weighted by Gasteiger charge is 2.22. The van der Waals surface area contributed by atoms with Crippen molar-refractivity contribution < 1.29 is 14.4 Å². The van der Waals surface area contributed by atoms with Crippen molar-refractivity contribution in [3.63, 3.8) is 0 Å². The Morgan fingerprint density at radius 1 is 0.850 bits per heavy atom. The van der Waals surface area contributed by atoms with E-state index in [1.54, 1.807) is 18.2 Å². The zero-order chi connectivity index (χ0) is 28.5. The second kappa shape index (κ2) is 13.8. The molecule has 0 unspecified atom stereocenters. The first-order valence-corrected chi connectivity index (χ1v) is 14.0. The minimum atomic E-state index is -0.248. The van der Waals surface area contributed by atoms with Crippen molar-refractivity contribution in [2.45, 2.75) is 26.7 Å². The molecule has 0 spiro atoms. The Balaban J connectivity index is 1.53. The Hall–Kier alpha value is -4.04. The second-order valence-electron chi connectivity index (χ2n) is 9.85. The lowest BCUT2D eigenvalue weighted by Gasteiger charge is -2.26. The Kier molecular flexibility index (Phi) is 10.0. The van der Waals surface area contributed by atoms with Gasteiger partial charge in [-0.2, -0.15) is 0 Å². The van der Waals surface area contributed by atoms with E-state index in [4.69, 9.17) is 11.6 Å². The van der Waals surface area contributed by atoms with Gasteiger partial charge in [0.05, 0.1) is 11.4 Å². The number of amides is 4. The summed E-state index contributed by atoms with van der Waals surface area (Å²) in [5.74, 6) is -0.472. The molecule has 1 saturated heterocycles. The van der Waals surface area contributed by atoms with Gasteiger partial charge in [-0.05, 0) is 74.7 Å². The number of urea groups is 1. The molecule has 1 heterocycles. The van der Waals surface area contributed by atoms with Crippen LogP contribution in [-0.2, 0) is 6.42 Å². The highest BCUT2D eigenvalue weighted by molar-refractivity contribution is 6.30. The fourth-order valence-corrected chi connectivity index (χ4v) is 4.99. The van der Waals surface area contributed by atoms with E-state index in [-0.39, 0.29) is 17.8 Å². The van der Waals surface area contributed by atoms with Crippen molar-refractivity contribution in [3.05, 3.63) is 94.0 Å². The zero-order valence-electron chi connectivity index (χ0n) is 23.0. The van der Waals surface area contributed by atoms with Gasteiger partial charge in [-0.25, -0.2) is 4.79 Å². The first kappa shape index (κ1) is 29.0. The van der Waals surface area contributed by atoms with Gasteiger partial charge in [0.1, 0.15) is 0 Å². The summed E-state index contributed by atoms with van der Waals surface area (Å²) >= 11 is 6.07. The summed E-state index contributed by atoms with van der Waals surface area (Å²) in [7, 11) is 0. The van der Waals surface area contributed by atoms with Crippen molar-refractivity contribution in [2.24, 2.45) is 0 Å². The summed E-state index contributed by atoms with van der Waals surface area (Å²) in [4.78, 5) is 42.6. The van der Waals surface area contributed by atoms with Crippen molar-refractivity contribution in [1.29, 1.82) is 0 Å². The number of nitrogens with one attached hydrogen (secondary N) is 3. The van der Waals surface area contributed by atoms with Gasteiger partial charge in [-0.3, -0.25) is 9.59 Å². The number of benzene rings is 3. The SMILES string of the molecule is CCNC(=O)N1CCCN(c2ccc(C(=O)NCCc3cccc(Cl)c3)cc2NC(=O)c2cccc(C)c2)CC1. The topological polar surface area (TPSA) is 93.8 Å². The quantitative estimate of drug-likeness (QED) is 0.356. The molecule has 1 aliphatic heterocycles. The fraction of sp³-hybridized carbons (Fsp3) is 0.323. The van der Waals surface area contributed by atoms with E-state index in [0.29, 0.717) is 67.5 Å². The maximum Gasteiger partial charge on any atom is 0.317 e. The Bertz CT molecular complexity index is 1360. The molecular weight excluding hydrogens is 526 g/mol. The molecule has 1 fully saturated rings. The van der Waals surface area contributed by atoms with Gasteiger partial charge in [0.2, 0.25) is 0 Å². The number of aryl methyl sites for hydroxylation is 1. The molecule has 1 aliphatic rings. The Morgan fingerprint density at radius 3 is 2.42 bits per heavy atom. The molecule has 4 amide bonds. The second-order valence-corrected chi connectivity index (χ2v) is 10.3. The van der Waals surface area contributed by atoms with E-state index >= 15 is 0 Å². The minimum Gasteiger partial charge on any atom is -0.368 e. The van der Waals surface area contributed by atoms with E-state index in [1.165, 1.54) is 0 Å². The Morgan fingerprint density at radius 2 is 1.65 bits per heavy atom. The van der Waals surface area contributed by atoms with E-state index < -0.39 is 0 Å². The highest BCUT2D eigenvalue weighted by Crippen LogP contribution is 2.29. The van der Waals surface area contributed by atoms with Crippen molar-refractivity contribution in [1.82, 2.24) is 15.5 Å². The van der Waals surface area contributed by atoms with Crippen LogP contribution in [0.2, 0.25) is 5.02 Å². The predicted molar refractivity (Wildman–Crippen MR) is 161 cm³/mol. The molecule has 8 nitrogen and oxygen atoms in total. The average Bonchev–Trinajstić information content (AvgIpc) is 3.19. The molecule has 40 heavy (non-hydrogen) atoms. The van der Waals surface area contributed by atoms with E-state index in [0.717, 1.165) is 23.2 Å². The van der Waals surface area contributed by atoms with Gasteiger partial charge in [-0.1, -0.05) is 41.4 Å². The van der Waals surface area contributed by atoms with E-state index in [9.17, 15) is 14.4 Å². The number of hydrogen-bond donors (Lipinski definition) is 3. The van der Waals surface area contributed by atoms with Crippen LogP contribution < -0.4 is 20.9 Å². The minimum absolute atomic E-state index is 0.0675. The van der Waals surface area contributed by atoms with Crippen LogP contribution >= 0.6 is 11.6 Å². The first-order valence-electron chi connectivity index (χ1n) is 13.7. The highest BCUT2D eigenvalue weighted by atomic mass is 35.5. The monoisotopic (exact) mass is 561 g/mol. The summed E-state index contributed by atoms with van der Waals surface area (Å²) in [6.07, 6.45) is 1.44. The number of carbonyl (C=O) groups is 3. The molecule has 3 aromatic rings. The number of halogens is 1. The number of rotatable bonds is 8. The number of anilines is 2. The van der Waals surface area contributed by atoms with Crippen LogP contribution in [0.4, 0.5) is 16.2 Å². The van der Waals surface area contributed by atoms with Crippen LogP contribution in [-0.4, -0.2) is 62.0 Å². The van der Waals surface area contributed by atoms with Gasteiger partial charge in [-0.15, -0.1) is 0 Å². The third kappa shape index (κ3) is 7.76. The van der Waals surface area contributed by atoms with E-state index in [2.05, 4.69) is 20.9 Å². The number of carbonyl (C=O) groups excluding carboxylic acids is 3. The van der Waals surface area contributed by atoms with Crippen LogP contribution in [0.1, 0.15) is 45.2 Å². The first-order chi connectivity index (χ1) is 19.3. The summed E-state index contributed by atoms with van der Waals surface area (Å²) in [5, 5.41) is 9.54. The van der Waals surface area contributed by atoms with Gasteiger partial charge in [0.15, 0.2) is 0 Å². The van der Waals surface area contributed by atoms with Crippen molar-refractivity contribution >= 4 is 40.8 Å². The summed E-state index contributed by atoms with van der Waals surface area (Å²) in [6, 6.07) is 20.3. The molecule has 3 N–H and O–H groups in total. The van der Waals surface area contributed by atoms with Crippen LogP contribution in [0.15, 0.2) is 66.7 Å². The van der Waals surface area contributed by atoms with E-state index in [1.807, 2.05) is 67.3 Å². The summed E-state index contributed by atoms with van der Waals surface area (Å²) in [6.45, 7) is 7.41. The standard InChI is InChI=1S/C31H36ClN5O3/c1-3-33-31(40)37-16-6-15-36(17-18-37)28-12-11-25(29(38)34-14-13-23-8-5-10-26(32)20-23)21-27(28)35-30(39)24-9-4-7-22(2)19-24/h4-5,7-12,19-21H,3,6,13-18H2,1-2H3,(H,33,40)(H,34,38)(H,35,39). The molecule has 0 saturated carbocycles. The lowest BCUT2D eigenvalue weighted by Crippen LogP contribution is -2.42. The maximum absolute atomic E-state index is 13.2. The maximum atomic E-state index is 13.2. The van der Waals surface area contributed by atoms with Crippen LogP contribution in [0.5, 0.6) is 0 Å². The molecule has 0 aromatic heterocycles. The lowest BCUT2D eigenvalue weighted by molar-refractivity contribution is 0.0952. The zero-order valence-corrected chi connectivity index (χ0v) is 23.8. The van der Waals surface area contributed by atoms with Crippen molar-refractivity contribution in [3.8, 4) is 0 Å². The molecule has 9 heteroatoms. The Labute approximate surface area is 240 Å². The molecule has 0 radical (unpaired) electrons. The number of hydrogen-bond acceptors (Lipinski definition) is 4. The fourth-order valence-electron chi connectivity index (χ4n) is 4.77. The molecule has 4 rings (SSSR count). The molecule has 210 valence electrons.